The van der Waals surface area contributed by atoms with Crippen LogP contribution in [0.15, 0.2) is 60.7 Å². The number of aromatic carboxylic acids is 1. The Hall–Kier alpha value is -3.10. The summed E-state index contributed by atoms with van der Waals surface area (Å²) in [6, 6.07) is 18.9. The fourth-order valence-electron chi connectivity index (χ4n) is 5.33. The van der Waals surface area contributed by atoms with E-state index in [2.05, 4.69) is 19.2 Å². The van der Waals surface area contributed by atoms with Crippen LogP contribution in [0, 0.1) is 18.7 Å². The number of hydrogen-bond donors (Lipinski definition) is 3. The molecule has 3 rings (SSSR count). The smallest absolute Gasteiger partial charge is 0.335 e. The Balaban J connectivity index is 1.72. The molecule has 0 heterocycles. The van der Waals surface area contributed by atoms with Crippen LogP contribution in [0.2, 0.25) is 0 Å². The number of carbonyl (C=O) groups is 1. The van der Waals surface area contributed by atoms with Gasteiger partial charge in [0, 0.05) is 12.0 Å². The SMILES string of the molecule is Cc1ccc(CC(C)(C)NC(CCOC(C)c2ccccc2-c2ccc(C(=O)O)c(CC(C)C)c2)OC[C@@H](C)O)cc1F. The Labute approximate surface area is 256 Å². The second-order valence-electron chi connectivity index (χ2n) is 12.6. The van der Waals surface area contributed by atoms with Crippen LogP contribution in [-0.4, -0.2) is 47.3 Å². The fraction of sp³-hybridized carbons (Fsp3) is 0.472. The number of aliphatic hydroxyl groups excluding tert-OH is 1. The zero-order valence-corrected chi connectivity index (χ0v) is 26.6. The van der Waals surface area contributed by atoms with Crippen LogP contribution in [0.5, 0.6) is 0 Å². The van der Waals surface area contributed by atoms with Crippen molar-refractivity contribution in [1.29, 1.82) is 0 Å². The lowest BCUT2D eigenvalue weighted by Crippen LogP contribution is -2.49. The van der Waals surface area contributed by atoms with Gasteiger partial charge in [0.2, 0.25) is 0 Å². The van der Waals surface area contributed by atoms with Crippen LogP contribution in [0.4, 0.5) is 4.39 Å². The van der Waals surface area contributed by atoms with Crippen molar-refractivity contribution in [3.8, 4) is 11.1 Å². The lowest BCUT2D eigenvalue weighted by atomic mass is 9.91. The Kier molecular flexibility index (Phi) is 12.5. The second kappa shape index (κ2) is 15.6. The molecule has 234 valence electrons. The molecule has 7 heteroatoms. The summed E-state index contributed by atoms with van der Waals surface area (Å²) < 4.78 is 26.5. The van der Waals surface area contributed by atoms with Crippen molar-refractivity contribution in [1.82, 2.24) is 5.32 Å². The fourth-order valence-corrected chi connectivity index (χ4v) is 5.33. The average molecular weight is 594 g/mol. The molecule has 3 atom stereocenters. The highest BCUT2D eigenvalue weighted by Crippen LogP contribution is 2.32. The van der Waals surface area contributed by atoms with E-state index in [1.54, 1.807) is 32.0 Å². The minimum atomic E-state index is -0.914. The number of nitrogens with one attached hydrogen (secondary N) is 1. The molecule has 0 aliphatic heterocycles. The van der Waals surface area contributed by atoms with E-state index in [-0.39, 0.29) is 24.8 Å². The molecule has 6 nitrogen and oxygen atoms in total. The first-order valence-corrected chi connectivity index (χ1v) is 15.1. The number of rotatable bonds is 16. The zero-order valence-electron chi connectivity index (χ0n) is 26.6. The van der Waals surface area contributed by atoms with E-state index in [4.69, 9.17) is 9.47 Å². The van der Waals surface area contributed by atoms with E-state index >= 15 is 0 Å². The summed E-state index contributed by atoms with van der Waals surface area (Å²) >= 11 is 0. The first-order valence-electron chi connectivity index (χ1n) is 15.1. The standard InChI is InChI=1S/C36H48FNO5/c1-23(2)18-29-20-28(14-15-32(29)35(40)41)31-11-9-8-10-30(31)26(5)42-17-16-34(43-22-25(4)39)38-36(6,7)21-27-13-12-24(3)33(37)19-27/h8-15,19-20,23,25-26,34,38-39H,16-18,21-22H2,1-7H3,(H,40,41)/t25-,26?,34?/m1/s1. The van der Waals surface area contributed by atoms with Crippen LogP contribution in [0.3, 0.4) is 0 Å². The summed E-state index contributed by atoms with van der Waals surface area (Å²) in [5.74, 6) is -0.805. The molecule has 0 saturated heterocycles. The van der Waals surface area contributed by atoms with Gasteiger partial charge in [-0.15, -0.1) is 0 Å². The molecule has 3 aromatic carbocycles. The molecule has 2 unspecified atom stereocenters. The van der Waals surface area contributed by atoms with Gasteiger partial charge in [-0.05, 0) is 98.9 Å². The second-order valence-corrected chi connectivity index (χ2v) is 12.6. The van der Waals surface area contributed by atoms with Crippen molar-refractivity contribution in [2.24, 2.45) is 5.92 Å². The molecular formula is C36H48FNO5. The summed E-state index contributed by atoms with van der Waals surface area (Å²) in [5, 5.41) is 23.1. The Morgan fingerprint density at radius 1 is 1.00 bits per heavy atom. The zero-order chi connectivity index (χ0) is 31.7. The van der Waals surface area contributed by atoms with Crippen molar-refractivity contribution >= 4 is 5.97 Å². The lowest BCUT2D eigenvalue weighted by Gasteiger charge is -2.33. The number of ether oxygens (including phenoxy) is 2. The van der Waals surface area contributed by atoms with E-state index < -0.39 is 17.6 Å². The van der Waals surface area contributed by atoms with Crippen molar-refractivity contribution in [3.63, 3.8) is 0 Å². The first-order chi connectivity index (χ1) is 20.3. The maximum atomic E-state index is 14.2. The Morgan fingerprint density at radius 2 is 1.72 bits per heavy atom. The van der Waals surface area contributed by atoms with Gasteiger partial charge in [0.15, 0.2) is 0 Å². The first kappa shape index (κ1) is 34.4. The monoisotopic (exact) mass is 593 g/mol. The van der Waals surface area contributed by atoms with E-state index in [9.17, 15) is 19.4 Å². The molecule has 0 bridgehead atoms. The van der Waals surface area contributed by atoms with Gasteiger partial charge in [-0.3, -0.25) is 5.32 Å². The number of carboxylic acid groups (broad SMARTS) is 1. The molecule has 3 N–H and O–H groups in total. The van der Waals surface area contributed by atoms with Crippen LogP contribution in [-0.2, 0) is 22.3 Å². The van der Waals surface area contributed by atoms with Gasteiger partial charge in [-0.25, -0.2) is 9.18 Å². The molecular weight excluding hydrogens is 545 g/mol. The van der Waals surface area contributed by atoms with Crippen molar-refractivity contribution < 1.29 is 28.9 Å². The number of aryl methyl sites for hydroxylation is 1. The normalized spacial score (nSPS) is 14.1. The molecule has 0 spiro atoms. The molecule has 0 aliphatic rings. The topological polar surface area (TPSA) is 88.0 Å². The number of carboxylic acids is 1. The number of halogens is 1. The third-order valence-electron chi connectivity index (χ3n) is 7.39. The Bertz CT molecular complexity index is 1350. The minimum absolute atomic E-state index is 0.177. The molecule has 43 heavy (non-hydrogen) atoms. The van der Waals surface area contributed by atoms with Crippen molar-refractivity contribution in [2.45, 2.75) is 91.7 Å². The predicted molar refractivity (Wildman–Crippen MR) is 170 cm³/mol. The quantitative estimate of drug-likeness (QED) is 0.149. The highest BCUT2D eigenvalue weighted by molar-refractivity contribution is 5.90. The molecule has 0 amide bonds. The van der Waals surface area contributed by atoms with Gasteiger partial charge >= 0.3 is 5.97 Å². The van der Waals surface area contributed by atoms with Gasteiger partial charge in [-0.2, -0.15) is 0 Å². The van der Waals surface area contributed by atoms with E-state index in [0.717, 1.165) is 27.8 Å². The summed E-state index contributed by atoms with van der Waals surface area (Å²) in [5.41, 5.74) is 5.24. The van der Waals surface area contributed by atoms with Gasteiger partial charge in [0.25, 0.3) is 0 Å². The number of hydrogen-bond acceptors (Lipinski definition) is 5. The van der Waals surface area contributed by atoms with Gasteiger partial charge in [0.05, 0.1) is 31.0 Å². The molecule has 0 radical (unpaired) electrons. The van der Waals surface area contributed by atoms with E-state index in [1.165, 1.54) is 0 Å². The average Bonchev–Trinajstić information content (AvgIpc) is 2.92. The summed E-state index contributed by atoms with van der Waals surface area (Å²) in [4.78, 5) is 11.8. The molecule has 0 aliphatic carbocycles. The largest absolute Gasteiger partial charge is 0.478 e. The van der Waals surface area contributed by atoms with E-state index in [0.29, 0.717) is 42.9 Å². The van der Waals surface area contributed by atoms with Gasteiger partial charge < -0.3 is 19.7 Å². The third kappa shape index (κ3) is 10.5. The summed E-state index contributed by atoms with van der Waals surface area (Å²) in [7, 11) is 0. The van der Waals surface area contributed by atoms with Crippen LogP contribution < -0.4 is 5.32 Å². The maximum absolute atomic E-state index is 14.2. The maximum Gasteiger partial charge on any atom is 0.335 e. The highest BCUT2D eigenvalue weighted by Gasteiger charge is 2.25. The molecule has 0 saturated carbocycles. The summed E-state index contributed by atoms with van der Waals surface area (Å²) in [6.45, 7) is 14.3. The number of aliphatic hydroxyl groups is 1. The molecule has 0 aromatic heterocycles. The Morgan fingerprint density at radius 3 is 2.37 bits per heavy atom. The number of benzene rings is 3. The van der Waals surface area contributed by atoms with E-state index in [1.807, 2.05) is 63.2 Å². The minimum Gasteiger partial charge on any atom is -0.478 e. The van der Waals surface area contributed by atoms with Crippen LogP contribution in [0.1, 0.15) is 86.7 Å². The van der Waals surface area contributed by atoms with Gasteiger partial charge in [-0.1, -0.05) is 62.4 Å². The predicted octanol–water partition coefficient (Wildman–Crippen LogP) is 7.50. The van der Waals surface area contributed by atoms with Crippen molar-refractivity contribution in [2.75, 3.05) is 13.2 Å². The van der Waals surface area contributed by atoms with Gasteiger partial charge in [0.1, 0.15) is 12.0 Å². The lowest BCUT2D eigenvalue weighted by molar-refractivity contribution is -0.0511. The highest BCUT2D eigenvalue weighted by atomic mass is 19.1. The van der Waals surface area contributed by atoms with Crippen LogP contribution in [0.25, 0.3) is 11.1 Å². The molecule has 0 fully saturated rings. The summed E-state index contributed by atoms with van der Waals surface area (Å²) in [6.07, 6.45) is 0.590. The third-order valence-corrected chi connectivity index (χ3v) is 7.39. The van der Waals surface area contributed by atoms with Crippen LogP contribution >= 0.6 is 0 Å². The molecule has 3 aromatic rings. The van der Waals surface area contributed by atoms with Crippen molar-refractivity contribution in [3.05, 3.63) is 94.3 Å².